The van der Waals surface area contributed by atoms with E-state index in [-0.39, 0.29) is 5.70 Å². The van der Waals surface area contributed by atoms with Crippen LogP contribution in [0.5, 0.6) is 0 Å². The Labute approximate surface area is 206 Å². The first-order chi connectivity index (χ1) is 17.4. The molecule has 11 nitrogen and oxygen atoms in total. The van der Waals surface area contributed by atoms with E-state index < -0.39 is 18.5 Å². The van der Waals surface area contributed by atoms with E-state index >= 15 is 0 Å². The van der Waals surface area contributed by atoms with Crippen LogP contribution in [0.1, 0.15) is 34.0 Å². The quantitative estimate of drug-likeness (QED) is 0.296. The van der Waals surface area contributed by atoms with Gasteiger partial charge in [0.25, 0.3) is 5.91 Å². The molecule has 0 aliphatic rings. The summed E-state index contributed by atoms with van der Waals surface area (Å²) in [5, 5.41) is 23.6. The molecule has 182 valence electrons. The van der Waals surface area contributed by atoms with Crippen LogP contribution in [-0.2, 0) is 20.9 Å². The van der Waals surface area contributed by atoms with Gasteiger partial charge in [0.05, 0.1) is 18.4 Å². The first kappa shape index (κ1) is 24.2. The van der Waals surface area contributed by atoms with Crippen molar-refractivity contribution >= 4 is 29.5 Å². The van der Waals surface area contributed by atoms with Crippen molar-refractivity contribution in [1.29, 1.82) is 5.26 Å². The lowest BCUT2D eigenvalue weighted by molar-refractivity contribution is -0.141. The van der Waals surface area contributed by atoms with E-state index in [2.05, 4.69) is 26.9 Å². The average Bonchev–Trinajstić information content (AvgIpc) is 3.60. The Balaban J connectivity index is 1.53. The standard InChI is InChI=1S/C25H23N7O4/c1-16-17(2)31(14-20-10-7-11-35-20)24(21(16)13-26)27-23(33)15-36-25(34)22(32-18(3)28-29-30-32)12-19-8-5-4-6-9-19/h4-12H,14-15H2,1-3H3,(H,27,33)/b22-12-. The van der Waals surface area contributed by atoms with Crippen LogP contribution in [0.25, 0.3) is 11.8 Å². The summed E-state index contributed by atoms with van der Waals surface area (Å²) >= 11 is 0. The molecule has 0 saturated carbocycles. The minimum absolute atomic E-state index is 0.0436. The molecule has 0 unspecified atom stereocenters. The fourth-order valence-electron chi connectivity index (χ4n) is 3.63. The third-order valence-electron chi connectivity index (χ3n) is 5.59. The predicted octanol–water partition coefficient (Wildman–Crippen LogP) is 3.09. The second-order valence-electron chi connectivity index (χ2n) is 7.91. The Morgan fingerprint density at radius 2 is 1.94 bits per heavy atom. The zero-order valence-electron chi connectivity index (χ0n) is 19.9. The fraction of sp³-hybridized carbons (Fsp3) is 0.200. The number of esters is 1. The number of benzene rings is 1. The molecule has 0 atom stereocenters. The monoisotopic (exact) mass is 485 g/mol. The summed E-state index contributed by atoms with van der Waals surface area (Å²) in [5.41, 5.74) is 2.63. The summed E-state index contributed by atoms with van der Waals surface area (Å²) in [6.07, 6.45) is 3.12. The third-order valence-corrected chi connectivity index (χ3v) is 5.59. The van der Waals surface area contributed by atoms with Crippen molar-refractivity contribution < 1.29 is 18.7 Å². The minimum Gasteiger partial charge on any atom is -0.467 e. The second-order valence-corrected chi connectivity index (χ2v) is 7.91. The van der Waals surface area contributed by atoms with Crippen LogP contribution in [0, 0.1) is 32.1 Å². The first-order valence-corrected chi connectivity index (χ1v) is 11.0. The lowest BCUT2D eigenvalue weighted by atomic mass is 10.2. The number of nitriles is 1. The molecule has 0 aliphatic carbocycles. The minimum atomic E-state index is -0.789. The summed E-state index contributed by atoms with van der Waals surface area (Å²) in [6, 6.07) is 14.8. The molecular weight excluding hydrogens is 462 g/mol. The molecule has 3 aromatic heterocycles. The number of hydrogen-bond donors (Lipinski definition) is 1. The number of anilines is 1. The molecule has 11 heteroatoms. The van der Waals surface area contributed by atoms with Crippen LogP contribution in [0.4, 0.5) is 5.82 Å². The highest BCUT2D eigenvalue weighted by Crippen LogP contribution is 2.27. The molecule has 0 fully saturated rings. The van der Waals surface area contributed by atoms with Crippen molar-refractivity contribution in [3.8, 4) is 6.07 Å². The largest absolute Gasteiger partial charge is 0.467 e. The summed E-state index contributed by atoms with van der Waals surface area (Å²) in [6.45, 7) is 5.03. The highest BCUT2D eigenvalue weighted by atomic mass is 16.5. The summed E-state index contributed by atoms with van der Waals surface area (Å²) in [7, 11) is 0. The summed E-state index contributed by atoms with van der Waals surface area (Å²) in [4.78, 5) is 25.8. The van der Waals surface area contributed by atoms with Gasteiger partial charge in [-0.1, -0.05) is 30.3 Å². The Kier molecular flexibility index (Phi) is 7.06. The summed E-state index contributed by atoms with van der Waals surface area (Å²) in [5.74, 6) is -0.0546. The molecule has 0 saturated heterocycles. The van der Waals surface area contributed by atoms with E-state index in [0.29, 0.717) is 29.5 Å². The van der Waals surface area contributed by atoms with Crippen molar-refractivity contribution in [2.75, 3.05) is 11.9 Å². The van der Waals surface area contributed by atoms with Gasteiger partial charge >= 0.3 is 5.97 Å². The molecule has 36 heavy (non-hydrogen) atoms. The number of rotatable bonds is 8. The normalized spacial score (nSPS) is 11.2. The van der Waals surface area contributed by atoms with Crippen LogP contribution in [0.2, 0.25) is 0 Å². The number of amides is 1. The van der Waals surface area contributed by atoms with E-state index in [1.807, 2.05) is 25.1 Å². The number of furan rings is 1. The fourth-order valence-corrected chi connectivity index (χ4v) is 3.63. The maximum atomic E-state index is 13.0. The van der Waals surface area contributed by atoms with Crippen LogP contribution < -0.4 is 5.32 Å². The van der Waals surface area contributed by atoms with Gasteiger partial charge in [0, 0.05) is 5.69 Å². The van der Waals surface area contributed by atoms with Crippen LogP contribution >= 0.6 is 0 Å². The Bertz CT molecular complexity index is 1460. The van der Waals surface area contributed by atoms with Gasteiger partial charge in [0.2, 0.25) is 0 Å². The van der Waals surface area contributed by atoms with E-state index in [9.17, 15) is 14.9 Å². The van der Waals surface area contributed by atoms with Gasteiger partial charge in [0.15, 0.2) is 18.1 Å². The number of aromatic nitrogens is 5. The molecule has 3 heterocycles. The SMILES string of the molecule is Cc1c(C#N)c(NC(=O)COC(=O)/C(=C/c2ccccc2)n2nnnc2C)n(Cc2ccco2)c1C. The van der Waals surface area contributed by atoms with Crippen molar-refractivity contribution in [2.45, 2.75) is 27.3 Å². The zero-order valence-corrected chi connectivity index (χ0v) is 19.9. The molecular formula is C25H23N7O4. The smallest absolute Gasteiger partial charge is 0.357 e. The van der Waals surface area contributed by atoms with Gasteiger partial charge < -0.3 is 19.0 Å². The Morgan fingerprint density at radius 1 is 1.17 bits per heavy atom. The molecule has 4 aromatic rings. The van der Waals surface area contributed by atoms with Crippen LogP contribution in [0.15, 0.2) is 53.1 Å². The number of ether oxygens (including phenoxy) is 1. The molecule has 0 radical (unpaired) electrons. The van der Waals surface area contributed by atoms with Gasteiger partial charge in [-0.05, 0) is 60.5 Å². The van der Waals surface area contributed by atoms with E-state index in [1.165, 1.54) is 4.68 Å². The van der Waals surface area contributed by atoms with Crippen LogP contribution in [-0.4, -0.2) is 43.3 Å². The highest BCUT2D eigenvalue weighted by molar-refractivity contribution is 6.15. The van der Waals surface area contributed by atoms with Gasteiger partial charge in [-0.2, -0.15) is 9.94 Å². The van der Waals surface area contributed by atoms with E-state index in [4.69, 9.17) is 9.15 Å². The number of nitrogens with zero attached hydrogens (tertiary/aromatic N) is 6. The van der Waals surface area contributed by atoms with E-state index in [1.54, 1.807) is 55.0 Å². The Hall–Kier alpha value is -4.98. The lowest BCUT2D eigenvalue weighted by Crippen LogP contribution is -2.24. The number of carbonyl (C=O) groups excluding carboxylic acids is 2. The van der Waals surface area contributed by atoms with Gasteiger partial charge in [-0.25, -0.2) is 4.79 Å². The van der Waals surface area contributed by atoms with Gasteiger partial charge in [-0.3, -0.25) is 4.79 Å². The maximum Gasteiger partial charge on any atom is 0.357 e. The predicted molar refractivity (Wildman–Crippen MR) is 129 cm³/mol. The van der Waals surface area contributed by atoms with Crippen molar-refractivity contribution in [3.63, 3.8) is 0 Å². The zero-order chi connectivity index (χ0) is 25.7. The Morgan fingerprint density at radius 3 is 2.58 bits per heavy atom. The summed E-state index contributed by atoms with van der Waals surface area (Å²) < 4.78 is 13.7. The van der Waals surface area contributed by atoms with Crippen molar-refractivity contribution in [1.82, 2.24) is 24.8 Å². The molecule has 1 N–H and O–H groups in total. The highest BCUT2D eigenvalue weighted by Gasteiger charge is 2.22. The third kappa shape index (κ3) is 5.07. The number of tetrazole rings is 1. The van der Waals surface area contributed by atoms with Crippen LogP contribution in [0.3, 0.4) is 0 Å². The molecule has 1 aromatic carbocycles. The number of aryl methyl sites for hydroxylation is 1. The number of carbonyl (C=O) groups is 2. The van der Waals surface area contributed by atoms with Crippen molar-refractivity contribution in [2.24, 2.45) is 0 Å². The lowest BCUT2D eigenvalue weighted by Gasteiger charge is -2.13. The number of nitrogens with one attached hydrogen (secondary N) is 1. The average molecular weight is 486 g/mol. The first-order valence-electron chi connectivity index (χ1n) is 11.0. The second kappa shape index (κ2) is 10.5. The molecule has 4 rings (SSSR count). The number of hydrogen-bond acceptors (Lipinski definition) is 8. The molecule has 0 spiro atoms. The van der Waals surface area contributed by atoms with Crippen molar-refractivity contribution in [3.05, 3.63) is 82.7 Å². The van der Waals surface area contributed by atoms with Gasteiger partial charge in [0.1, 0.15) is 17.6 Å². The maximum absolute atomic E-state index is 13.0. The topological polar surface area (TPSA) is 141 Å². The molecule has 0 aliphatic heterocycles. The van der Waals surface area contributed by atoms with Gasteiger partial charge in [-0.15, -0.1) is 5.10 Å². The van der Waals surface area contributed by atoms with E-state index in [0.717, 1.165) is 16.8 Å². The molecule has 0 bridgehead atoms. The molecule has 1 amide bonds.